The number of rotatable bonds is 10. The molecule has 24 heavy (non-hydrogen) atoms. The number of carbonyl (C=O) groups is 5. The Kier molecular flexibility index (Phi) is 9.42. The Hall–Kier alpha value is -2.34. The number of hydrogen-bond donors (Lipinski definition) is 7. The molecule has 11 nitrogen and oxygen atoms in total. The first kappa shape index (κ1) is 21.7. The maximum Gasteiger partial charge on any atom is 0.322 e. The fourth-order valence-corrected chi connectivity index (χ4v) is 1.70. The molecule has 0 radical (unpaired) electrons. The van der Waals surface area contributed by atoms with Gasteiger partial charge in [-0.05, 0) is 6.92 Å². The van der Waals surface area contributed by atoms with Crippen LogP contribution in [0.4, 0.5) is 0 Å². The summed E-state index contributed by atoms with van der Waals surface area (Å²) in [4.78, 5) is 56.6. The lowest BCUT2D eigenvalue weighted by molar-refractivity contribution is -0.141. The van der Waals surface area contributed by atoms with Crippen LogP contribution in [0, 0.1) is 0 Å². The number of carbonyl (C=O) groups excluding carboxylic acids is 3. The fourth-order valence-electron chi connectivity index (χ4n) is 1.44. The summed E-state index contributed by atoms with van der Waals surface area (Å²) in [6, 6.07) is -3.53. The quantitative estimate of drug-likeness (QED) is 0.198. The lowest BCUT2D eigenvalue weighted by Crippen LogP contribution is -2.56. The summed E-state index contributed by atoms with van der Waals surface area (Å²) in [5, 5.41) is 23.7. The van der Waals surface area contributed by atoms with Gasteiger partial charge in [0.2, 0.25) is 17.7 Å². The van der Waals surface area contributed by atoms with E-state index >= 15 is 0 Å². The molecule has 0 aromatic rings. The largest absolute Gasteiger partial charge is 0.481 e. The second kappa shape index (κ2) is 10.4. The summed E-state index contributed by atoms with van der Waals surface area (Å²) in [7, 11) is 0. The van der Waals surface area contributed by atoms with Gasteiger partial charge in [-0.3, -0.25) is 24.0 Å². The Bertz CT molecular complexity index is 512. The zero-order chi connectivity index (χ0) is 18.9. The van der Waals surface area contributed by atoms with Gasteiger partial charge in [0.25, 0.3) is 0 Å². The number of hydrogen-bond acceptors (Lipinski definition) is 7. The Balaban J connectivity index is 4.94. The molecule has 0 rings (SSSR count). The highest BCUT2D eigenvalue weighted by atomic mass is 32.1. The molecule has 3 amide bonds. The summed E-state index contributed by atoms with van der Waals surface area (Å²) in [6.07, 6.45) is -0.766. The van der Waals surface area contributed by atoms with E-state index in [2.05, 4.69) is 23.3 Å². The van der Waals surface area contributed by atoms with E-state index in [1.807, 2.05) is 5.32 Å². The average molecular weight is 364 g/mol. The van der Waals surface area contributed by atoms with Gasteiger partial charge in [0.05, 0.1) is 12.5 Å². The lowest BCUT2D eigenvalue weighted by atomic mass is 10.1. The van der Waals surface area contributed by atoms with Crippen molar-refractivity contribution in [3.05, 3.63) is 0 Å². The summed E-state index contributed by atoms with van der Waals surface area (Å²) in [5.74, 6) is -5.30. The van der Waals surface area contributed by atoms with Crippen molar-refractivity contribution in [1.29, 1.82) is 0 Å². The van der Waals surface area contributed by atoms with Crippen molar-refractivity contribution in [1.82, 2.24) is 16.0 Å². The van der Waals surface area contributed by atoms with Crippen LogP contribution >= 0.6 is 12.6 Å². The van der Waals surface area contributed by atoms with E-state index in [0.29, 0.717) is 0 Å². The topological polar surface area (TPSA) is 188 Å². The number of nitrogens with one attached hydrogen (secondary N) is 3. The van der Waals surface area contributed by atoms with Crippen LogP contribution in [0.15, 0.2) is 0 Å². The SMILES string of the molecule is CC(N)C(=O)NC(CS)C(=O)NC(CC(=O)O)C(=O)NCC(=O)O. The van der Waals surface area contributed by atoms with E-state index < -0.39 is 60.8 Å². The highest BCUT2D eigenvalue weighted by Gasteiger charge is 2.28. The maximum atomic E-state index is 12.1. The zero-order valence-corrected chi connectivity index (χ0v) is 13.7. The summed E-state index contributed by atoms with van der Waals surface area (Å²) in [6.45, 7) is 0.664. The molecule has 0 aliphatic heterocycles. The molecular weight excluding hydrogens is 344 g/mol. The van der Waals surface area contributed by atoms with E-state index in [-0.39, 0.29) is 5.75 Å². The van der Waals surface area contributed by atoms with Crippen LogP contribution in [0.3, 0.4) is 0 Å². The van der Waals surface area contributed by atoms with E-state index in [1.165, 1.54) is 6.92 Å². The average Bonchev–Trinajstić information content (AvgIpc) is 2.48. The second-order valence-corrected chi connectivity index (χ2v) is 5.17. The molecule has 0 fully saturated rings. The van der Waals surface area contributed by atoms with E-state index in [1.54, 1.807) is 0 Å². The third-order valence-electron chi connectivity index (χ3n) is 2.65. The summed E-state index contributed by atoms with van der Waals surface area (Å²) in [5.41, 5.74) is 5.36. The van der Waals surface area contributed by atoms with Gasteiger partial charge in [0, 0.05) is 5.75 Å². The number of carboxylic acid groups (broad SMARTS) is 2. The number of nitrogens with two attached hydrogens (primary N) is 1. The number of amides is 3. The Labute approximate surface area is 142 Å². The van der Waals surface area contributed by atoms with Crippen molar-refractivity contribution in [2.75, 3.05) is 12.3 Å². The number of carboxylic acids is 2. The Morgan fingerprint density at radius 3 is 1.92 bits per heavy atom. The third kappa shape index (κ3) is 8.33. The van der Waals surface area contributed by atoms with Crippen LogP contribution in [0.1, 0.15) is 13.3 Å². The number of thiol groups is 1. The normalized spacial score (nSPS) is 14.0. The van der Waals surface area contributed by atoms with Crippen molar-refractivity contribution >= 4 is 42.3 Å². The predicted octanol–water partition coefficient (Wildman–Crippen LogP) is -3.09. The molecule has 0 heterocycles. The van der Waals surface area contributed by atoms with Gasteiger partial charge in [0.15, 0.2) is 0 Å². The molecule has 0 aromatic heterocycles. The molecule has 0 aromatic carbocycles. The number of aliphatic carboxylic acids is 2. The minimum atomic E-state index is -1.51. The van der Waals surface area contributed by atoms with Crippen LogP contribution in [0.2, 0.25) is 0 Å². The minimum absolute atomic E-state index is 0.124. The fraction of sp³-hybridized carbons (Fsp3) is 0.583. The van der Waals surface area contributed by atoms with Gasteiger partial charge < -0.3 is 31.9 Å². The van der Waals surface area contributed by atoms with Crippen LogP contribution in [-0.4, -0.2) is 70.3 Å². The second-order valence-electron chi connectivity index (χ2n) is 4.80. The Morgan fingerprint density at radius 2 is 1.50 bits per heavy atom. The van der Waals surface area contributed by atoms with Crippen molar-refractivity contribution in [3.8, 4) is 0 Å². The van der Waals surface area contributed by atoms with Crippen LogP contribution < -0.4 is 21.7 Å². The summed E-state index contributed by atoms with van der Waals surface area (Å²) >= 11 is 3.90. The Morgan fingerprint density at radius 1 is 0.958 bits per heavy atom. The van der Waals surface area contributed by atoms with Crippen molar-refractivity contribution in [2.24, 2.45) is 5.73 Å². The molecule has 3 atom stereocenters. The molecule has 0 aliphatic rings. The monoisotopic (exact) mass is 364 g/mol. The van der Waals surface area contributed by atoms with Gasteiger partial charge >= 0.3 is 11.9 Å². The van der Waals surface area contributed by atoms with Crippen LogP contribution in [0.25, 0.3) is 0 Å². The first-order valence-electron chi connectivity index (χ1n) is 6.77. The van der Waals surface area contributed by atoms with Crippen molar-refractivity contribution in [3.63, 3.8) is 0 Å². The third-order valence-corrected chi connectivity index (χ3v) is 3.02. The maximum absolute atomic E-state index is 12.1. The van der Waals surface area contributed by atoms with Gasteiger partial charge in [-0.15, -0.1) is 0 Å². The van der Waals surface area contributed by atoms with E-state index in [0.717, 1.165) is 0 Å². The van der Waals surface area contributed by atoms with Gasteiger partial charge in [-0.25, -0.2) is 0 Å². The van der Waals surface area contributed by atoms with Crippen molar-refractivity contribution < 1.29 is 34.2 Å². The lowest BCUT2D eigenvalue weighted by Gasteiger charge is -2.21. The first-order chi connectivity index (χ1) is 11.1. The smallest absolute Gasteiger partial charge is 0.322 e. The predicted molar refractivity (Wildman–Crippen MR) is 84.3 cm³/mol. The molecule has 0 bridgehead atoms. The van der Waals surface area contributed by atoms with Crippen LogP contribution in [0.5, 0.6) is 0 Å². The zero-order valence-electron chi connectivity index (χ0n) is 12.8. The van der Waals surface area contributed by atoms with Crippen LogP contribution in [-0.2, 0) is 24.0 Å². The molecular formula is C12H20N4O7S. The van der Waals surface area contributed by atoms with E-state index in [4.69, 9.17) is 15.9 Å². The highest BCUT2D eigenvalue weighted by Crippen LogP contribution is 1.97. The molecule has 7 N–H and O–H groups in total. The summed E-state index contributed by atoms with van der Waals surface area (Å²) < 4.78 is 0. The van der Waals surface area contributed by atoms with Gasteiger partial charge in [-0.1, -0.05) is 0 Å². The standard InChI is InChI=1S/C12H20N4O7S/c1-5(13)10(21)16-7(4-24)12(23)15-6(2-8(17)18)11(22)14-3-9(19)20/h5-7,24H,2-4,13H2,1H3,(H,14,22)(H,15,23)(H,16,21)(H,17,18)(H,19,20). The van der Waals surface area contributed by atoms with Crippen molar-refractivity contribution in [2.45, 2.75) is 31.5 Å². The molecule has 0 spiro atoms. The van der Waals surface area contributed by atoms with Gasteiger partial charge in [0.1, 0.15) is 18.6 Å². The molecule has 136 valence electrons. The molecule has 0 saturated heterocycles. The molecule has 12 heteroatoms. The van der Waals surface area contributed by atoms with E-state index in [9.17, 15) is 24.0 Å². The van der Waals surface area contributed by atoms with Gasteiger partial charge in [-0.2, -0.15) is 12.6 Å². The minimum Gasteiger partial charge on any atom is -0.481 e. The molecule has 0 aliphatic carbocycles. The highest BCUT2D eigenvalue weighted by molar-refractivity contribution is 7.80. The molecule has 0 saturated carbocycles. The first-order valence-corrected chi connectivity index (χ1v) is 7.40. The molecule has 3 unspecified atom stereocenters.